The summed E-state index contributed by atoms with van der Waals surface area (Å²) in [6.07, 6.45) is 1.84. The third-order valence-corrected chi connectivity index (χ3v) is 5.24. The molecule has 1 atom stereocenters. The average molecular weight is 344 g/mol. The summed E-state index contributed by atoms with van der Waals surface area (Å²) in [6.45, 7) is 6.97. The first kappa shape index (κ1) is 16.9. The number of benzene rings is 1. The van der Waals surface area contributed by atoms with E-state index in [1.165, 1.54) is 5.56 Å². The number of nitrogens with zero attached hydrogens (tertiary/aromatic N) is 3. The summed E-state index contributed by atoms with van der Waals surface area (Å²) in [4.78, 5) is 21.0. The molecular formula is C18H24N4OS. The highest BCUT2D eigenvalue weighted by Crippen LogP contribution is 2.18. The van der Waals surface area contributed by atoms with Gasteiger partial charge in [-0.2, -0.15) is 0 Å². The summed E-state index contributed by atoms with van der Waals surface area (Å²) < 4.78 is 0. The monoisotopic (exact) mass is 344 g/mol. The molecule has 2 aromatic rings. The SMILES string of the molecule is CC(CNC(=O)CN1CCN(c2nccs2)CC1)c1ccccc1. The van der Waals surface area contributed by atoms with Crippen LogP contribution in [0.3, 0.4) is 0 Å². The van der Waals surface area contributed by atoms with Gasteiger partial charge in [-0.3, -0.25) is 9.69 Å². The fraction of sp³-hybridized carbons (Fsp3) is 0.444. The summed E-state index contributed by atoms with van der Waals surface area (Å²) in [5.74, 6) is 0.442. The maximum absolute atomic E-state index is 12.2. The second kappa shape index (κ2) is 8.26. The molecule has 1 saturated heterocycles. The van der Waals surface area contributed by atoms with Gasteiger partial charge in [-0.1, -0.05) is 37.3 Å². The minimum Gasteiger partial charge on any atom is -0.354 e. The Hall–Kier alpha value is -1.92. The minimum absolute atomic E-state index is 0.112. The molecule has 0 aliphatic carbocycles. The van der Waals surface area contributed by atoms with Gasteiger partial charge in [-0.25, -0.2) is 4.98 Å². The molecular weight excluding hydrogens is 320 g/mol. The molecule has 0 spiro atoms. The Morgan fingerprint density at radius 1 is 1.25 bits per heavy atom. The summed E-state index contributed by atoms with van der Waals surface area (Å²) in [5.41, 5.74) is 1.26. The first-order valence-electron chi connectivity index (χ1n) is 8.41. The lowest BCUT2D eigenvalue weighted by atomic mass is 10.0. The zero-order valence-electron chi connectivity index (χ0n) is 14.0. The van der Waals surface area contributed by atoms with E-state index in [2.05, 4.69) is 39.2 Å². The Kier molecular flexibility index (Phi) is 5.82. The molecule has 128 valence electrons. The largest absolute Gasteiger partial charge is 0.354 e. The van der Waals surface area contributed by atoms with Crippen LogP contribution in [0.25, 0.3) is 0 Å². The molecule has 24 heavy (non-hydrogen) atoms. The highest BCUT2D eigenvalue weighted by molar-refractivity contribution is 7.13. The molecule has 1 fully saturated rings. The number of aromatic nitrogens is 1. The summed E-state index contributed by atoms with van der Waals surface area (Å²) in [6, 6.07) is 10.3. The highest BCUT2D eigenvalue weighted by atomic mass is 32.1. The fourth-order valence-corrected chi connectivity index (χ4v) is 3.59. The van der Waals surface area contributed by atoms with Gasteiger partial charge in [-0.05, 0) is 11.5 Å². The second-order valence-corrected chi connectivity index (χ2v) is 7.07. The van der Waals surface area contributed by atoms with Gasteiger partial charge in [0, 0.05) is 44.3 Å². The number of thiazole rings is 1. The third-order valence-electron chi connectivity index (χ3n) is 4.40. The van der Waals surface area contributed by atoms with E-state index < -0.39 is 0 Å². The van der Waals surface area contributed by atoms with Crippen LogP contribution in [0.15, 0.2) is 41.9 Å². The molecule has 1 aromatic carbocycles. The molecule has 1 aliphatic rings. The summed E-state index contributed by atoms with van der Waals surface area (Å²) >= 11 is 1.67. The number of anilines is 1. The van der Waals surface area contributed by atoms with Crippen molar-refractivity contribution in [2.24, 2.45) is 0 Å². The summed E-state index contributed by atoms with van der Waals surface area (Å²) in [7, 11) is 0. The molecule has 1 aliphatic heterocycles. The van der Waals surface area contributed by atoms with E-state index in [0.717, 1.165) is 31.3 Å². The van der Waals surface area contributed by atoms with Crippen molar-refractivity contribution in [3.8, 4) is 0 Å². The van der Waals surface area contributed by atoms with E-state index in [1.807, 2.05) is 29.8 Å². The lowest BCUT2D eigenvalue weighted by molar-refractivity contribution is -0.122. The molecule has 2 heterocycles. The van der Waals surface area contributed by atoms with E-state index in [9.17, 15) is 4.79 Å². The standard InChI is InChI=1S/C18H24N4OS/c1-15(16-5-3-2-4-6-16)13-20-17(23)14-21-8-10-22(11-9-21)18-19-7-12-24-18/h2-7,12,15H,8-11,13-14H2,1H3,(H,20,23). The predicted octanol–water partition coefficient (Wildman–Crippen LogP) is 2.19. The van der Waals surface area contributed by atoms with Crippen LogP contribution in [-0.2, 0) is 4.79 Å². The number of hydrogen-bond acceptors (Lipinski definition) is 5. The number of piperazine rings is 1. The van der Waals surface area contributed by atoms with Crippen molar-refractivity contribution in [2.75, 3.05) is 44.2 Å². The normalized spacial score (nSPS) is 16.8. The van der Waals surface area contributed by atoms with E-state index in [-0.39, 0.29) is 5.91 Å². The number of nitrogens with one attached hydrogen (secondary N) is 1. The molecule has 1 aromatic heterocycles. The Morgan fingerprint density at radius 2 is 2.00 bits per heavy atom. The van der Waals surface area contributed by atoms with Crippen molar-refractivity contribution in [3.05, 3.63) is 47.5 Å². The van der Waals surface area contributed by atoms with Crippen LogP contribution in [0, 0.1) is 0 Å². The van der Waals surface area contributed by atoms with E-state index in [4.69, 9.17) is 0 Å². The Morgan fingerprint density at radius 3 is 2.67 bits per heavy atom. The quantitative estimate of drug-likeness (QED) is 0.873. The van der Waals surface area contributed by atoms with E-state index >= 15 is 0 Å². The van der Waals surface area contributed by atoms with Gasteiger partial charge in [0.05, 0.1) is 6.54 Å². The Bertz CT molecular complexity index is 624. The van der Waals surface area contributed by atoms with Gasteiger partial charge < -0.3 is 10.2 Å². The molecule has 1 amide bonds. The smallest absolute Gasteiger partial charge is 0.234 e. The molecule has 5 nitrogen and oxygen atoms in total. The van der Waals surface area contributed by atoms with Gasteiger partial charge >= 0.3 is 0 Å². The van der Waals surface area contributed by atoms with Crippen molar-refractivity contribution in [3.63, 3.8) is 0 Å². The molecule has 6 heteroatoms. The van der Waals surface area contributed by atoms with Gasteiger partial charge in [0.1, 0.15) is 0 Å². The second-order valence-electron chi connectivity index (χ2n) is 6.19. The van der Waals surface area contributed by atoms with Crippen LogP contribution in [0.5, 0.6) is 0 Å². The number of hydrogen-bond donors (Lipinski definition) is 1. The number of amides is 1. The van der Waals surface area contributed by atoms with Gasteiger partial charge in [0.25, 0.3) is 0 Å². The first-order valence-corrected chi connectivity index (χ1v) is 9.29. The zero-order chi connectivity index (χ0) is 16.8. The molecule has 1 unspecified atom stereocenters. The number of carbonyl (C=O) groups is 1. The van der Waals surface area contributed by atoms with Crippen LogP contribution >= 0.6 is 11.3 Å². The minimum atomic E-state index is 0.112. The molecule has 0 saturated carbocycles. The van der Waals surface area contributed by atoms with E-state index in [1.54, 1.807) is 11.3 Å². The van der Waals surface area contributed by atoms with E-state index in [0.29, 0.717) is 19.0 Å². The first-order chi connectivity index (χ1) is 11.7. The molecule has 0 bridgehead atoms. The predicted molar refractivity (Wildman–Crippen MR) is 98.6 cm³/mol. The van der Waals surface area contributed by atoms with Crippen molar-refractivity contribution >= 4 is 22.4 Å². The third kappa shape index (κ3) is 4.55. The lowest BCUT2D eigenvalue weighted by Crippen LogP contribution is -2.49. The Labute approximate surface area is 147 Å². The van der Waals surface area contributed by atoms with Crippen LogP contribution in [0.2, 0.25) is 0 Å². The van der Waals surface area contributed by atoms with Crippen LogP contribution < -0.4 is 10.2 Å². The molecule has 3 rings (SSSR count). The number of carbonyl (C=O) groups excluding carboxylic acids is 1. The van der Waals surface area contributed by atoms with Crippen LogP contribution in [-0.4, -0.2) is 55.1 Å². The van der Waals surface area contributed by atoms with Crippen molar-refractivity contribution < 1.29 is 4.79 Å². The molecule has 0 radical (unpaired) electrons. The van der Waals surface area contributed by atoms with Crippen LogP contribution in [0.1, 0.15) is 18.4 Å². The average Bonchev–Trinajstić information content (AvgIpc) is 3.16. The highest BCUT2D eigenvalue weighted by Gasteiger charge is 2.20. The van der Waals surface area contributed by atoms with Gasteiger partial charge in [0.15, 0.2) is 5.13 Å². The maximum Gasteiger partial charge on any atom is 0.234 e. The summed E-state index contributed by atoms with van der Waals surface area (Å²) in [5, 5.41) is 6.14. The van der Waals surface area contributed by atoms with Gasteiger partial charge in [-0.15, -0.1) is 11.3 Å². The maximum atomic E-state index is 12.2. The number of rotatable bonds is 6. The van der Waals surface area contributed by atoms with Crippen molar-refractivity contribution in [2.45, 2.75) is 12.8 Å². The Balaban J connectivity index is 1.38. The van der Waals surface area contributed by atoms with Gasteiger partial charge in [0.2, 0.25) is 5.91 Å². The topological polar surface area (TPSA) is 48.5 Å². The van der Waals surface area contributed by atoms with Crippen molar-refractivity contribution in [1.82, 2.24) is 15.2 Å². The molecule has 1 N–H and O–H groups in total. The van der Waals surface area contributed by atoms with Crippen LogP contribution in [0.4, 0.5) is 5.13 Å². The lowest BCUT2D eigenvalue weighted by Gasteiger charge is -2.34. The fourth-order valence-electron chi connectivity index (χ4n) is 2.89. The van der Waals surface area contributed by atoms with Crippen molar-refractivity contribution in [1.29, 1.82) is 0 Å². The zero-order valence-corrected chi connectivity index (χ0v) is 14.8.